The lowest BCUT2D eigenvalue weighted by atomic mass is 10.1. The number of phosphoric ester groups is 1. The molecule has 3 heterocycles. The maximum atomic E-state index is 11.9. The third kappa shape index (κ3) is 5.95. The van der Waals surface area contributed by atoms with Gasteiger partial charge in [0.2, 0.25) is 0 Å². The number of carbonyl (C=O) groups is 1. The van der Waals surface area contributed by atoms with Crippen molar-refractivity contribution in [2.24, 2.45) is 4.99 Å². The van der Waals surface area contributed by atoms with E-state index >= 15 is 0 Å². The Bertz CT molecular complexity index is 945. The summed E-state index contributed by atoms with van der Waals surface area (Å²) in [7, 11) is -16.6. The number of ketones is 1. The smallest absolute Gasteiger partial charge is 0.387 e. The zero-order chi connectivity index (χ0) is 23.2. The predicted octanol–water partition coefficient (Wildman–Crippen LogP) is -1.26. The SMILES string of the molecule is O=C1CC=NC2=C1CCN2C1OC(COP(=O)(O)OP(=O)(O)OP(=O)(O)O)C(O)C1O. The minimum Gasteiger partial charge on any atom is -0.387 e. The molecule has 0 saturated carbocycles. The maximum Gasteiger partial charge on any atom is 0.490 e. The summed E-state index contributed by atoms with van der Waals surface area (Å²) in [6.07, 6.45) is -3.88. The minimum absolute atomic E-state index is 0.134. The van der Waals surface area contributed by atoms with E-state index in [-0.39, 0.29) is 24.6 Å². The number of rotatable bonds is 8. The van der Waals surface area contributed by atoms with Crippen LogP contribution < -0.4 is 0 Å². The van der Waals surface area contributed by atoms with Crippen molar-refractivity contribution < 1.29 is 66.2 Å². The molecule has 0 bridgehead atoms. The summed E-state index contributed by atoms with van der Waals surface area (Å²) in [5.74, 6) is 0.144. The standard InChI is InChI=1S/C12H19N2O14P3/c15-7-1-3-13-11-6(7)2-4-14(11)12-10(17)9(16)8(26-12)5-25-30(21,22)28-31(23,24)27-29(18,19)20/h3,8-10,12,16-17H,1-2,4-5H2,(H,21,22)(H,23,24)(H2,18,19,20). The summed E-state index contributed by atoms with van der Waals surface area (Å²) in [6.45, 7) is -0.675. The molecule has 3 rings (SSSR count). The Kier molecular flexibility index (Phi) is 7.07. The molecule has 0 amide bonds. The van der Waals surface area contributed by atoms with Gasteiger partial charge in [-0.25, -0.2) is 18.7 Å². The molecular formula is C12H19N2O14P3. The highest BCUT2D eigenvalue weighted by Gasteiger charge is 2.49. The van der Waals surface area contributed by atoms with Crippen LogP contribution in [0.25, 0.3) is 0 Å². The summed E-state index contributed by atoms with van der Waals surface area (Å²) in [6, 6.07) is 0. The lowest BCUT2D eigenvalue weighted by molar-refractivity contribution is -0.114. The summed E-state index contributed by atoms with van der Waals surface area (Å²) >= 11 is 0. The van der Waals surface area contributed by atoms with Crippen molar-refractivity contribution in [1.29, 1.82) is 0 Å². The average Bonchev–Trinajstić information content (AvgIpc) is 3.13. The van der Waals surface area contributed by atoms with Crippen LogP contribution in [0.2, 0.25) is 0 Å². The Morgan fingerprint density at radius 3 is 2.42 bits per heavy atom. The molecule has 3 aliphatic rings. The molecule has 6 unspecified atom stereocenters. The van der Waals surface area contributed by atoms with Crippen molar-refractivity contribution >= 4 is 35.5 Å². The molecule has 0 aromatic carbocycles. The van der Waals surface area contributed by atoms with Crippen LogP contribution in [-0.2, 0) is 36.4 Å². The Hall–Kier alpha value is -0.830. The van der Waals surface area contributed by atoms with Crippen molar-refractivity contribution in [3.8, 4) is 0 Å². The zero-order valence-electron chi connectivity index (χ0n) is 15.4. The van der Waals surface area contributed by atoms with Gasteiger partial charge < -0.3 is 39.4 Å². The molecule has 16 nitrogen and oxygen atoms in total. The van der Waals surface area contributed by atoms with Crippen LogP contribution in [-0.4, -0.2) is 84.4 Å². The molecule has 0 aliphatic carbocycles. The largest absolute Gasteiger partial charge is 0.490 e. The van der Waals surface area contributed by atoms with E-state index in [4.69, 9.17) is 19.4 Å². The fourth-order valence-corrected chi connectivity index (χ4v) is 6.25. The molecule has 19 heteroatoms. The van der Waals surface area contributed by atoms with Gasteiger partial charge in [-0.05, 0) is 6.42 Å². The van der Waals surface area contributed by atoms with E-state index in [0.717, 1.165) is 0 Å². The van der Waals surface area contributed by atoms with Gasteiger partial charge >= 0.3 is 23.5 Å². The topological polar surface area (TPSA) is 242 Å². The number of aliphatic hydroxyl groups excluding tert-OH is 2. The van der Waals surface area contributed by atoms with Gasteiger partial charge in [-0.3, -0.25) is 9.32 Å². The first-order valence-corrected chi connectivity index (χ1v) is 13.1. The van der Waals surface area contributed by atoms with Crippen molar-refractivity contribution in [2.75, 3.05) is 13.2 Å². The molecule has 0 aromatic heterocycles. The molecule has 0 spiro atoms. The molecule has 0 aromatic rings. The van der Waals surface area contributed by atoms with Gasteiger partial charge in [0.05, 0.1) is 6.61 Å². The highest BCUT2D eigenvalue weighted by Crippen LogP contribution is 2.66. The van der Waals surface area contributed by atoms with Crippen LogP contribution in [0.15, 0.2) is 16.4 Å². The van der Waals surface area contributed by atoms with E-state index in [2.05, 4.69) is 18.1 Å². The van der Waals surface area contributed by atoms with Crippen LogP contribution in [0.5, 0.6) is 0 Å². The Morgan fingerprint density at radius 1 is 1.10 bits per heavy atom. The van der Waals surface area contributed by atoms with E-state index in [1.54, 1.807) is 0 Å². The fourth-order valence-electron chi connectivity index (χ4n) is 3.22. The fraction of sp³-hybridized carbons (Fsp3) is 0.667. The lowest BCUT2D eigenvalue weighted by Gasteiger charge is -2.29. The van der Waals surface area contributed by atoms with Crippen molar-refractivity contribution in [3.05, 3.63) is 11.4 Å². The minimum atomic E-state index is -5.69. The van der Waals surface area contributed by atoms with Gasteiger partial charge in [0.1, 0.15) is 24.1 Å². The first-order chi connectivity index (χ1) is 14.2. The number of ether oxygens (including phenoxy) is 1. The maximum absolute atomic E-state index is 11.9. The summed E-state index contributed by atoms with van der Waals surface area (Å²) in [5, 5.41) is 20.5. The van der Waals surface area contributed by atoms with E-state index in [1.807, 2.05) is 0 Å². The van der Waals surface area contributed by atoms with E-state index in [0.29, 0.717) is 12.0 Å². The summed E-state index contributed by atoms with van der Waals surface area (Å²) < 4.78 is 50.8. The monoisotopic (exact) mass is 508 g/mol. The number of nitrogens with zero attached hydrogens (tertiary/aromatic N) is 2. The molecule has 1 saturated heterocycles. The third-order valence-electron chi connectivity index (χ3n) is 4.43. The van der Waals surface area contributed by atoms with E-state index < -0.39 is 54.6 Å². The van der Waals surface area contributed by atoms with Crippen LogP contribution in [0.4, 0.5) is 0 Å². The second-order valence-corrected chi connectivity index (χ2v) is 11.0. The predicted molar refractivity (Wildman–Crippen MR) is 97.0 cm³/mol. The second kappa shape index (κ2) is 8.84. The summed E-state index contributed by atoms with van der Waals surface area (Å²) in [5.41, 5.74) is 0.449. The second-order valence-electron chi connectivity index (χ2n) is 6.62. The van der Waals surface area contributed by atoms with Gasteiger partial charge in [0, 0.05) is 24.8 Å². The van der Waals surface area contributed by atoms with Gasteiger partial charge in [-0.1, -0.05) is 0 Å². The molecule has 6 N–H and O–H groups in total. The first-order valence-electron chi connectivity index (χ1n) is 8.54. The van der Waals surface area contributed by atoms with Gasteiger partial charge in [-0.15, -0.1) is 0 Å². The van der Waals surface area contributed by atoms with Crippen LogP contribution in [0, 0.1) is 0 Å². The van der Waals surface area contributed by atoms with Gasteiger partial charge in [0.15, 0.2) is 12.0 Å². The Balaban J connectivity index is 1.63. The van der Waals surface area contributed by atoms with Gasteiger partial charge in [0.25, 0.3) is 0 Å². The molecular weight excluding hydrogens is 489 g/mol. The molecule has 3 aliphatic heterocycles. The Labute approximate surface area is 174 Å². The van der Waals surface area contributed by atoms with Crippen molar-refractivity contribution in [1.82, 2.24) is 4.90 Å². The molecule has 0 radical (unpaired) electrons. The molecule has 31 heavy (non-hydrogen) atoms. The highest BCUT2D eigenvalue weighted by atomic mass is 31.3. The number of carbonyl (C=O) groups excluding carboxylic acids is 1. The zero-order valence-corrected chi connectivity index (χ0v) is 18.1. The summed E-state index contributed by atoms with van der Waals surface area (Å²) in [4.78, 5) is 53.1. The quantitative estimate of drug-likeness (QED) is 0.210. The van der Waals surface area contributed by atoms with Crippen molar-refractivity contribution in [2.45, 2.75) is 37.4 Å². The van der Waals surface area contributed by atoms with Crippen LogP contribution in [0.1, 0.15) is 12.8 Å². The number of Topliss-reactive ketones (excluding diaryl/α,β-unsaturated/α-hetero) is 1. The lowest BCUT2D eigenvalue weighted by Crippen LogP contribution is -2.42. The normalized spacial score (nSPS) is 32.8. The van der Waals surface area contributed by atoms with Crippen LogP contribution >= 0.6 is 23.5 Å². The van der Waals surface area contributed by atoms with E-state index in [9.17, 15) is 33.6 Å². The van der Waals surface area contributed by atoms with Gasteiger partial charge in [-0.2, -0.15) is 8.62 Å². The molecule has 1 fully saturated rings. The third-order valence-corrected chi connectivity index (χ3v) is 8.24. The van der Waals surface area contributed by atoms with Crippen molar-refractivity contribution in [3.63, 3.8) is 0 Å². The highest BCUT2D eigenvalue weighted by molar-refractivity contribution is 7.66. The average molecular weight is 508 g/mol. The molecule has 6 atom stereocenters. The number of hydrogen-bond acceptors (Lipinski definition) is 12. The Morgan fingerprint density at radius 2 is 1.77 bits per heavy atom. The first kappa shape index (κ1) is 24.8. The molecule has 176 valence electrons. The van der Waals surface area contributed by atoms with E-state index in [1.165, 1.54) is 11.1 Å². The number of aliphatic hydroxyl groups is 2. The number of phosphoric acid groups is 3. The number of hydrogen-bond donors (Lipinski definition) is 6. The number of aliphatic imine (C=N–C) groups is 1. The van der Waals surface area contributed by atoms with Crippen LogP contribution in [0.3, 0.4) is 0 Å².